The Morgan fingerprint density at radius 3 is 2.31 bits per heavy atom. The Labute approximate surface area is 106 Å². The SMILES string of the molecule is COc1cc(C(C)(C)C)cc(Br)c1C1CC1. The van der Waals surface area contributed by atoms with Gasteiger partial charge in [-0.2, -0.15) is 0 Å². The molecular formula is C14H19BrO. The standard InChI is InChI=1S/C14H19BrO/c1-14(2,3)10-7-11(15)13(9-5-6-9)12(8-10)16-4/h7-9H,5-6H2,1-4H3. The van der Waals surface area contributed by atoms with Crippen LogP contribution in [0.3, 0.4) is 0 Å². The molecule has 16 heavy (non-hydrogen) atoms. The molecule has 0 unspecified atom stereocenters. The van der Waals surface area contributed by atoms with Crippen molar-refractivity contribution in [2.75, 3.05) is 7.11 Å². The molecule has 0 spiro atoms. The number of ether oxygens (including phenoxy) is 1. The summed E-state index contributed by atoms with van der Waals surface area (Å²) in [5.41, 5.74) is 2.84. The quantitative estimate of drug-likeness (QED) is 0.768. The van der Waals surface area contributed by atoms with E-state index in [1.54, 1.807) is 7.11 Å². The van der Waals surface area contributed by atoms with E-state index < -0.39 is 0 Å². The minimum atomic E-state index is 0.165. The summed E-state index contributed by atoms with van der Waals surface area (Å²) in [4.78, 5) is 0. The van der Waals surface area contributed by atoms with Crippen LogP contribution in [-0.2, 0) is 5.41 Å². The van der Waals surface area contributed by atoms with Gasteiger partial charge in [-0.25, -0.2) is 0 Å². The lowest BCUT2D eigenvalue weighted by molar-refractivity contribution is 0.407. The van der Waals surface area contributed by atoms with Gasteiger partial charge in [0.05, 0.1) is 7.11 Å². The van der Waals surface area contributed by atoms with Gasteiger partial charge in [0.15, 0.2) is 0 Å². The highest BCUT2D eigenvalue weighted by Crippen LogP contribution is 2.48. The Kier molecular flexibility index (Phi) is 3.04. The van der Waals surface area contributed by atoms with E-state index in [2.05, 4.69) is 48.8 Å². The summed E-state index contributed by atoms with van der Waals surface area (Å²) in [5.74, 6) is 1.75. The lowest BCUT2D eigenvalue weighted by atomic mass is 9.86. The Morgan fingerprint density at radius 2 is 1.88 bits per heavy atom. The van der Waals surface area contributed by atoms with E-state index in [1.165, 1.54) is 28.4 Å². The maximum atomic E-state index is 5.53. The van der Waals surface area contributed by atoms with Crippen molar-refractivity contribution in [3.05, 3.63) is 27.7 Å². The highest BCUT2D eigenvalue weighted by molar-refractivity contribution is 9.10. The molecule has 2 rings (SSSR count). The molecule has 1 saturated carbocycles. The first-order valence-corrected chi connectivity index (χ1v) is 6.60. The Hall–Kier alpha value is -0.500. The molecule has 1 aliphatic carbocycles. The number of rotatable bonds is 2. The van der Waals surface area contributed by atoms with E-state index >= 15 is 0 Å². The van der Waals surface area contributed by atoms with Gasteiger partial charge in [-0.15, -0.1) is 0 Å². The summed E-state index contributed by atoms with van der Waals surface area (Å²) in [6.45, 7) is 6.68. The Balaban J connectivity index is 2.50. The third kappa shape index (κ3) is 2.27. The molecular weight excluding hydrogens is 264 g/mol. The van der Waals surface area contributed by atoms with E-state index in [9.17, 15) is 0 Å². The third-order valence-corrected chi connectivity index (χ3v) is 3.82. The van der Waals surface area contributed by atoms with Crippen LogP contribution in [-0.4, -0.2) is 7.11 Å². The normalized spacial score (nSPS) is 16.3. The summed E-state index contributed by atoms with van der Waals surface area (Å²) in [6.07, 6.45) is 2.59. The molecule has 88 valence electrons. The maximum absolute atomic E-state index is 5.53. The average molecular weight is 283 g/mol. The van der Waals surface area contributed by atoms with E-state index in [4.69, 9.17) is 4.74 Å². The molecule has 1 fully saturated rings. The van der Waals surface area contributed by atoms with Gasteiger partial charge in [0.1, 0.15) is 5.75 Å². The fraction of sp³-hybridized carbons (Fsp3) is 0.571. The van der Waals surface area contributed by atoms with Gasteiger partial charge in [0.2, 0.25) is 0 Å². The van der Waals surface area contributed by atoms with Gasteiger partial charge in [0.25, 0.3) is 0 Å². The van der Waals surface area contributed by atoms with Gasteiger partial charge in [0, 0.05) is 10.0 Å². The fourth-order valence-corrected chi connectivity index (χ4v) is 2.73. The number of methoxy groups -OCH3 is 1. The smallest absolute Gasteiger partial charge is 0.123 e. The molecule has 1 aromatic rings. The van der Waals surface area contributed by atoms with Crippen LogP contribution in [0.2, 0.25) is 0 Å². The van der Waals surface area contributed by atoms with E-state index in [-0.39, 0.29) is 5.41 Å². The molecule has 0 heterocycles. The summed E-state index contributed by atoms with van der Waals surface area (Å²) in [7, 11) is 1.76. The van der Waals surface area contributed by atoms with Gasteiger partial charge in [-0.05, 0) is 41.9 Å². The predicted molar refractivity (Wildman–Crippen MR) is 71.4 cm³/mol. The van der Waals surface area contributed by atoms with Crippen molar-refractivity contribution < 1.29 is 4.74 Å². The summed E-state index contributed by atoms with van der Waals surface area (Å²) in [5, 5.41) is 0. The molecule has 0 aromatic heterocycles. The van der Waals surface area contributed by atoms with E-state index in [0.29, 0.717) is 5.92 Å². The van der Waals surface area contributed by atoms with Crippen molar-refractivity contribution in [2.45, 2.75) is 44.9 Å². The van der Waals surface area contributed by atoms with Crippen LogP contribution in [0.15, 0.2) is 16.6 Å². The molecule has 1 aliphatic rings. The number of benzene rings is 1. The average Bonchev–Trinajstić information content (AvgIpc) is 2.98. The second-order valence-corrected chi connectivity index (χ2v) is 6.45. The maximum Gasteiger partial charge on any atom is 0.123 e. The highest BCUT2D eigenvalue weighted by atomic mass is 79.9. The van der Waals surface area contributed by atoms with Crippen LogP contribution in [0.1, 0.15) is 50.7 Å². The third-order valence-electron chi connectivity index (χ3n) is 3.16. The van der Waals surface area contributed by atoms with Crippen molar-refractivity contribution in [3.8, 4) is 5.75 Å². The van der Waals surface area contributed by atoms with Gasteiger partial charge >= 0.3 is 0 Å². The highest BCUT2D eigenvalue weighted by Gasteiger charge is 2.30. The molecule has 0 atom stereocenters. The number of hydrogen-bond donors (Lipinski definition) is 0. The topological polar surface area (TPSA) is 9.23 Å². The second-order valence-electron chi connectivity index (χ2n) is 5.60. The lowest BCUT2D eigenvalue weighted by Gasteiger charge is -2.22. The van der Waals surface area contributed by atoms with Crippen molar-refractivity contribution in [3.63, 3.8) is 0 Å². The zero-order chi connectivity index (χ0) is 11.9. The Morgan fingerprint density at radius 1 is 1.25 bits per heavy atom. The van der Waals surface area contributed by atoms with Crippen molar-refractivity contribution in [1.29, 1.82) is 0 Å². The zero-order valence-corrected chi connectivity index (χ0v) is 12.0. The first-order chi connectivity index (χ1) is 7.43. The summed E-state index contributed by atoms with van der Waals surface area (Å²) in [6, 6.07) is 4.44. The molecule has 1 aromatic carbocycles. The van der Waals surface area contributed by atoms with Gasteiger partial charge < -0.3 is 4.74 Å². The van der Waals surface area contributed by atoms with Crippen molar-refractivity contribution >= 4 is 15.9 Å². The van der Waals surface area contributed by atoms with Gasteiger partial charge in [-0.3, -0.25) is 0 Å². The first-order valence-electron chi connectivity index (χ1n) is 5.81. The molecule has 0 saturated heterocycles. The predicted octanol–water partition coefficient (Wildman–Crippen LogP) is 4.63. The summed E-state index contributed by atoms with van der Waals surface area (Å²) < 4.78 is 6.74. The molecule has 0 amide bonds. The molecule has 0 radical (unpaired) electrons. The molecule has 0 bridgehead atoms. The first kappa shape index (κ1) is 12.0. The van der Waals surface area contributed by atoms with E-state index in [0.717, 1.165) is 5.75 Å². The van der Waals surface area contributed by atoms with Gasteiger partial charge in [-0.1, -0.05) is 36.7 Å². The van der Waals surface area contributed by atoms with E-state index in [1.807, 2.05) is 0 Å². The number of hydrogen-bond acceptors (Lipinski definition) is 1. The van der Waals surface area contributed by atoms with Crippen LogP contribution in [0.25, 0.3) is 0 Å². The van der Waals surface area contributed by atoms with Crippen LogP contribution in [0, 0.1) is 0 Å². The number of halogens is 1. The molecule has 0 aliphatic heterocycles. The molecule has 0 N–H and O–H groups in total. The molecule has 2 heteroatoms. The van der Waals surface area contributed by atoms with Crippen molar-refractivity contribution in [2.24, 2.45) is 0 Å². The van der Waals surface area contributed by atoms with Crippen LogP contribution < -0.4 is 4.74 Å². The lowest BCUT2D eigenvalue weighted by Crippen LogP contribution is -2.11. The minimum Gasteiger partial charge on any atom is -0.496 e. The monoisotopic (exact) mass is 282 g/mol. The minimum absolute atomic E-state index is 0.165. The molecule has 1 nitrogen and oxygen atoms in total. The fourth-order valence-electron chi connectivity index (χ4n) is 1.96. The van der Waals surface area contributed by atoms with Crippen LogP contribution in [0.5, 0.6) is 5.75 Å². The second kappa shape index (κ2) is 4.06. The van der Waals surface area contributed by atoms with Crippen molar-refractivity contribution in [1.82, 2.24) is 0 Å². The zero-order valence-electron chi connectivity index (χ0n) is 10.4. The summed E-state index contributed by atoms with van der Waals surface area (Å²) >= 11 is 3.69. The largest absolute Gasteiger partial charge is 0.496 e. The van der Waals surface area contributed by atoms with Crippen LogP contribution >= 0.6 is 15.9 Å². The van der Waals surface area contributed by atoms with Crippen LogP contribution in [0.4, 0.5) is 0 Å². The Bertz CT molecular complexity index is 400.